The van der Waals surface area contributed by atoms with E-state index in [-0.39, 0.29) is 28.6 Å². The third-order valence-corrected chi connectivity index (χ3v) is 6.67. The molecule has 1 N–H and O–H groups in total. The molecular formula is C17H22ClN3O4S. The second-order valence-corrected chi connectivity index (χ2v) is 8.60. The summed E-state index contributed by atoms with van der Waals surface area (Å²) in [5.74, 6) is -0.222. The molecule has 1 fully saturated rings. The molecule has 1 aromatic rings. The predicted molar refractivity (Wildman–Crippen MR) is 98.8 cm³/mol. The number of amides is 2. The zero-order chi connectivity index (χ0) is 18.9. The first kappa shape index (κ1) is 19.1. The largest absolute Gasteiger partial charge is 0.342 e. The second-order valence-electron chi connectivity index (χ2n) is 6.62. The summed E-state index contributed by atoms with van der Waals surface area (Å²) in [5, 5.41) is 0. The molecule has 7 nitrogen and oxygen atoms in total. The molecule has 9 heteroatoms. The molecule has 0 bridgehead atoms. The Labute approximate surface area is 158 Å². The monoisotopic (exact) mass is 399 g/mol. The van der Waals surface area contributed by atoms with E-state index in [0.29, 0.717) is 38.9 Å². The number of nitrogens with zero attached hydrogens (tertiary/aromatic N) is 2. The van der Waals surface area contributed by atoms with Crippen LogP contribution in [0, 0.1) is 0 Å². The van der Waals surface area contributed by atoms with Gasteiger partial charge in [0.25, 0.3) is 0 Å². The highest BCUT2D eigenvalue weighted by atomic mass is 35.5. The lowest BCUT2D eigenvalue weighted by Crippen LogP contribution is -2.46. The molecule has 3 rings (SSSR count). The summed E-state index contributed by atoms with van der Waals surface area (Å²) in [6.07, 6.45) is 1.77. The lowest BCUT2D eigenvalue weighted by molar-refractivity contribution is -0.129. The van der Waals surface area contributed by atoms with Gasteiger partial charge in [0.2, 0.25) is 21.8 Å². The molecule has 2 aliphatic heterocycles. The standard InChI is InChI=1S/C17H22ClN3O4S/c1-12(22)21-9-4-13-10-15(2-3-16(13)21)26(24,25)19-14-5-7-20(8-6-14)17(23)11-18/h2-3,10,14,19H,4-9,11H2,1H3. The molecule has 0 saturated carbocycles. The third kappa shape index (κ3) is 3.87. The number of sulfonamides is 1. The van der Waals surface area contributed by atoms with Crippen LogP contribution < -0.4 is 9.62 Å². The van der Waals surface area contributed by atoms with Gasteiger partial charge in [-0.2, -0.15) is 0 Å². The van der Waals surface area contributed by atoms with Gasteiger partial charge < -0.3 is 9.80 Å². The molecule has 0 aromatic heterocycles. The van der Waals surface area contributed by atoms with E-state index in [1.54, 1.807) is 21.9 Å². The maximum absolute atomic E-state index is 12.7. The molecule has 2 amide bonds. The Morgan fingerprint density at radius 1 is 1.23 bits per heavy atom. The van der Waals surface area contributed by atoms with E-state index in [9.17, 15) is 18.0 Å². The van der Waals surface area contributed by atoms with Gasteiger partial charge in [-0.05, 0) is 43.0 Å². The zero-order valence-corrected chi connectivity index (χ0v) is 16.1. The van der Waals surface area contributed by atoms with Gasteiger partial charge in [0.05, 0.1) is 4.90 Å². The van der Waals surface area contributed by atoms with E-state index < -0.39 is 10.0 Å². The van der Waals surface area contributed by atoms with Gasteiger partial charge >= 0.3 is 0 Å². The SMILES string of the molecule is CC(=O)N1CCc2cc(S(=O)(=O)NC3CCN(C(=O)CCl)CC3)ccc21. The summed E-state index contributed by atoms with van der Waals surface area (Å²) in [5.41, 5.74) is 1.65. The maximum atomic E-state index is 12.7. The van der Waals surface area contributed by atoms with E-state index in [2.05, 4.69) is 4.72 Å². The highest BCUT2D eigenvalue weighted by molar-refractivity contribution is 7.89. The number of hydrogen-bond acceptors (Lipinski definition) is 4. The Hall–Kier alpha value is -1.64. The maximum Gasteiger partial charge on any atom is 0.240 e. The Kier molecular flexibility index (Phi) is 5.55. The first-order valence-corrected chi connectivity index (χ1v) is 10.6. The number of rotatable bonds is 4. The van der Waals surface area contributed by atoms with E-state index >= 15 is 0 Å². The highest BCUT2D eigenvalue weighted by Crippen LogP contribution is 2.30. The van der Waals surface area contributed by atoms with Crippen LogP contribution in [0.15, 0.2) is 23.1 Å². The van der Waals surface area contributed by atoms with Crippen molar-refractivity contribution < 1.29 is 18.0 Å². The van der Waals surface area contributed by atoms with E-state index in [0.717, 1.165) is 11.3 Å². The van der Waals surface area contributed by atoms with Crippen LogP contribution in [0.1, 0.15) is 25.3 Å². The van der Waals surface area contributed by atoms with Crippen molar-refractivity contribution in [2.24, 2.45) is 0 Å². The number of anilines is 1. The van der Waals surface area contributed by atoms with Gasteiger partial charge in [-0.25, -0.2) is 13.1 Å². The zero-order valence-electron chi connectivity index (χ0n) is 14.6. The summed E-state index contributed by atoms with van der Waals surface area (Å²) < 4.78 is 28.1. The van der Waals surface area contributed by atoms with Crippen molar-refractivity contribution in [2.75, 3.05) is 30.4 Å². The molecule has 142 valence electrons. The first-order valence-electron chi connectivity index (χ1n) is 8.59. The lowest BCUT2D eigenvalue weighted by atomic mass is 10.1. The molecule has 2 aliphatic rings. The van der Waals surface area contributed by atoms with Crippen molar-refractivity contribution in [1.29, 1.82) is 0 Å². The molecule has 26 heavy (non-hydrogen) atoms. The number of carbonyl (C=O) groups is 2. The number of alkyl halides is 1. The van der Waals surface area contributed by atoms with Crippen LogP contribution in [-0.2, 0) is 26.0 Å². The Balaban J connectivity index is 1.68. The summed E-state index contributed by atoms with van der Waals surface area (Å²) in [7, 11) is -3.65. The van der Waals surface area contributed by atoms with Crippen LogP contribution in [0.2, 0.25) is 0 Å². The number of fused-ring (bicyclic) bond motifs is 1. The van der Waals surface area contributed by atoms with Gasteiger partial charge in [-0.1, -0.05) is 0 Å². The normalized spacial score (nSPS) is 18.1. The number of piperidine rings is 1. The topological polar surface area (TPSA) is 86.8 Å². The number of hydrogen-bond donors (Lipinski definition) is 1. The molecule has 0 spiro atoms. The molecule has 2 heterocycles. The lowest BCUT2D eigenvalue weighted by Gasteiger charge is -2.31. The molecule has 1 aromatic carbocycles. The third-order valence-electron chi connectivity index (χ3n) is 4.92. The van der Waals surface area contributed by atoms with Crippen LogP contribution >= 0.6 is 11.6 Å². The molecule has 0 unspecified atom stereocenters. The summed E-state index contributed by atoms with van der Waals surface area (Å²) in [4.78, 5) is 26.7. The highest BCUT2D eigenvalue weighted by Gasteiger charge is 2.28. The van der Waals surface area contributed by atoms with Gasteiger partial charge in [0.15, 0.2) is 0 Å². The van der Waals surface area contributed by atoms with Crippen LogP contribution in [0.5, 0.6) is 0 Å². The number of benzene rings is 1. The number of carbonyl (C=O) groups excluding carboxylic acids is 2. The van der Waals surface area contributed by atoms with Gasteiger partial charge in [-0.3, -0.25) is 9.59 Å². The van der Waals surface area contributed by atoms with Gasteiger partial charge in [0, 0.05) is 38.3 Å². The summed E-state index contributed by atoms with van der Waals surface area (Å²) in [6.45, 7) is 3.07. The fourth-order valence-electron chi connectivity index (χ4n) is 3.49. The van der Waals surface area contributed by atoms with Crippen LogP contribution in [0.3, 0.4) is 0 Å². The molecule has 0 atom stereocenters. The van der Waals surface area contributed by atoms with Crippen LogP contribution in [0.4, 0.5) is 5.69 Å². The minimum Gasteiger partial charge on any atom is -0.342 e. The van der Waals surface area contributed by atoms with Crippen LogP contribution in [-0.4, -0.2) is 56.7 Å². The van der Waals surface area contributed by atoms with Crippen molar-refractivity contribution in [3.05, 3.63) is 23.8 Å². The molecular weight excluding hydrogens is 378 g/mol. The summed E-state index contributed by atoms with van der Waals surface area (Å²) in [6, 6.07) is 4.67. The molecule has 1 saturated heterocycles. The smallest absolute Gasteiger partial charge is 0.240 e. The van der Waals surface area contributed by atoms with Crippen LogP contribution in [0.25, 0.3) is 0 Å². The Morgan fingerprint density at radius 3 is 2.54 bits per heavy atom. The quantitative estimate of drug-likeness (QED) is 0.768. The van der Waals surface area contributed by atoms with Crippen molar-refractivity contribution in [3.63, 3.8) is 0 Å². The van der Waals surface area contributed by atoms with Crippen molar-refractivity contribution in [2.45, 2.75) is 37.1 Å². The van der Waals surface area contributed by atoms with E-state index in [1.165, 1.54) is 13.0 Å². The minimum absolute atomic E-state index is 0.0456. The molecule has 0 aliphatic carbocycles. The second kappa shape index (κ2) is 7.54. The van der Waals surface area contributed by atoms with Crippen molar-refractivity contribution >= 4 is 39.1 Å². The van der Waals surface area contributed by atoms with Crippen molar-refractivity contribution in [3.8, 4) is 0 Å². The number of likely N-dealkylation sites (tertiary alicyclic amines) is 1. The summed E-state index contributed by atoms with van der Waals surface area (Å²) >= 11 is 5.56. The predicted octanol–water partition coefficient (Wildman–Crippen LogP) is 1.10. The Morgan fingerprint density at radius 2 is 1.92 bits per heavy atom. The van der Waals surface area contributed by atoms with E-state index in [4.69, 9.17) is 11.6 Å². The average Bonchev–Trinajstić information content (AvgIpc) is 3.05. The fourth-order valence-corrected chi connectivity index (χ4v) is 5.02. The average molecular weight is 400 g/mol. The Bertz CT molecular complexity index is 819. The number of halogens is 1. The van der Waals surface area contributed by atoms with Gasteiger partial charge in [-0.15, -0.1) is 11.6 Å². The fraction of sp³-hybridized carbons (Fsp3) is 0.529. The van der Waals surface area contributed by atoms with Gasteiger partial charge in [0.1, 0.15) is 5.88 Å². The van der Waals surface area contributed by atoms with Crippen molar-refractivity contribution in [1.82, 2.24) is 9.62 Å². The molecule has 0 radical (unpaired) electrons. The first-order chi connectivity index (χ1) is 12.3. The number of nitrogens with one attached hydrogen (secondary N) is 1. The van der Waals surface area contributed by atoms with E-state index in [1.807, 2.05) is 0 Å². The minimum atomic E-state index is -3.65.